The van der Waals surface area contributed by atoms with Crippen molar-refractivity contribution in [3.63, 3.8) is 0 Å². The molecule has 0 unspecified atom stereocenters. The number of thioether (sulfide) groups is 1. The summed E-state index contributed by atoms with van der Waals surface area (Å²) in [5.41, 5.74) is 1.15. The van der Waals surface area contributed by atoms with Crippen LogP contribution in [0.3, 0.4) is 0 Å². The summed E-state index contributed by atoms with van der Waals surface area (Å²) in [7, 11) is 0. The molecule has 1 atom stereocenters. The number of Topliss-reactive ketones (excluding diaryl/α,β-unsaturated/α-hetero) is 1. The Labute approximate surface area is 154 Å². The number of rotatable bonds is 7. The van der Waals surface area contributed by atoms with Gasteiger partial charge < -0.3 is 14.3 Å². The first-order chi connectivity index (χ1) is 12.5. The Hall–Kier alpha value is -2.87. The predicted molar refractivity (Wildman–Crippen MR) is 98.2 cm³/mol. The zero-order valence-corrected chi connectivity index (χ0v) is 15.2. The van der Waals surface area contributed by atoms with Gasteiger partial charge in [0, 0.05) is 11.3 Å². The molecule has 0 aliphatic rings. The second-order valence-corrected chi connectivity index (χ2v) is 7.02. The molecule has 0 bridgehead atoms. The quantitative estimate of drug-likeness (QED) is 0.507. The number of furan rings is 1. The number of hydrogen-bond donors (Lipinski definition) is 1. The second-order valence-electron chi connectivity index (χ2n) is 5.71. The molecule has 1 aromatic carbocycles. The number of carbonyl (C=O) groups excluding carboxylic acids is 2. The normalized spacial score (nSPS) is 11.9. The highest BCUT2D eigenvalue weighted by atomic mass is 32.2. The Kier molecular flexibility index (Phi) is 5.52. The maximum absolute atomic E-state index is 12.5. The molecular weight excluding hydrogens is 352 g/mol. The maximum Gasteiger partial charge on any atom is 0.237 e. The lowest BCUT2D eigenvalue weighted by molar-refractivity contribution is -0.115. The van der Waals surface area contributed by atoms with Gasteiger partial charge in [-0.3, -0.25) is 9.59 Å². The van der Waals surface area contributed by atoms with E-state index in [1.54, 1.807) is 43.8 Å². The number of anilines is 1. The maximum atomic E-state index is 12.5. The molecule has 2 heterocycles. The van der Waals surface area contributed by atoms with Crippen molar-refractivity contribution >= 4 is 29.1 Å². The van der Waals surface area contributed by atoms with Crippen LogP contribution in [0, 0.1) is 0 Å². The van der Waals surface area contributed by atoms with E-state index in [1.165, 1.54) is 18.7 Å². The summed E-state index contributed by atoms with van der Waals surface area (Å²) >= 11 is 1.31. The molecule has 0 aliphatic heterocycles. The molecule has 26 heavy (non-hydrogen) atoms. The number of aromatic nitrogens is 3. The van der Waals surface area contributed by atoms with E-state index in [1.807, 2.05) is 16.7 Å². The molecule has 8 heteroatoms. The van der Waals surface area contributed by atoms with Crippen LogP contribution in [0.1, 0.15) is 30.0 Å². The van der Waals surface area contributed by atoms with Gasteiger partial charge in [-0.25, -0.2) is 0 Å². The molecule has 0 saturated heterocycles. The number of ketones is 1. The monoisotopic (exact) mass is 370 g/mol. The topological polar surface area (TPSA) is 90.0 Å². The Morgan fingerprint density at radius 2 is 2.15 bits per heavy atom. The van der Waals surface area contributed by atoms with E-state index in [9.17, 15) is 9.59 Å². The summed E-state index contributed by atoms with van der Waals surface area (Å²) in [5, 5.41) is 11.0. The zero-order valence-electron chi connectivity index (χ0n) is 14.4. The number of nitrogens with one attached hydrogen (secondary N) is 1. The van der Waals surface area contributed by atoms with Crippen molar-refractivity contribution in [2.24, 2.45) is 0 Å². The summed E-state index contributed by atoms with van der Waals surface area (Å²) in [6.07, 6.45) is 3.21. The average Bonchev–Trinajstić information content (AvgIpc) is 3.28. The fourth-order valence-electron chi connectivity index (χ4n) is 2.29. The van der Waals surface area contributed by atoms with E-state index >= 15 is 0 Å². The minimum absolute atomic E-state index is 0.0467. The lowest BCUT2D eigenvalue weighted by atomic mass is 10.1. The van der Waals surface area contributed by atoms with Crippen LogP contribution in [-0.2, 0) is 11.3 Å². The van der Waals surface area contributed by atoms with Crippen molar-refractivity contribution in [2.75, 3.05) is 5.32 Å². The van der Waals surface area contributed by atoms with Gasteiger partial charge >= 0.3 is 0 Å². The Morgan fingerprint density at radius 3 is 2.88 bits per heavy atom. The zero-order chi connectivity index (χ0) is 18.5. The second kappa shape index (κ2) is 8.01. The largest absolute Gasteiger partial charge is 0.467 e. The minimum Gasteiger partial charge on any atom is -0.467 e. The van der Waals surface area contributed by atoms with Crippen LogP contribution in [0.25, 0.3) is 0 Å². The molecule has 3 aromatic rings. The average molecular weight is 370 g/mol. The number of amides is 1. The van der Waals surface area contributed by atoms with Crippen LogP contribution in [0.4, 0.5) is 5.69 Å². The molecule has 3 rings (SSSR count). The molecule has 1 N–H and O–H groups in total. The Balaban J connectivity index is 1.64. The summed E-state index contributed by atoms with van der Waals surface area (Å²) in [4.78, 5) is 23.9. The summed E-state index contributed by atoms with van der Waals surface area (Å²) in [6, 6.07) is 10.6. The van der Waals surface area contributed by atoms with Gasteiger partial charge in [-0.15, -0.1) is 10.2 Å². The first kappa shape index (κ1) is 17.9. The van der Waals surface area contributed by atoms with Gasteiger partial charge in [-0.2, -0.15) is 0 Å². The number of nitrogens with zero attached hydrogens (tertiary/aromatic N) is 3. The first-order valence-corrected chi connectivity index (χ1v) is 8.89. The third-order valence-corrected chi connectivity index (χ3v) is 4.77. The van der Waals surface area contributed by atoms with E-state index in [-0.39, 0.29) is 11.7 Å². The molecule has 0 aliphatic carbocycles. The van der Waals surface area contributed by atoms with Gasteiger partial charge in [-0.05, 0) is 38.1 Å². The summed E-state index contributed by atoms with van der Waals surface area (Å²) < 4.78 is 7.15. The van der Waals surface area contributed by atoms with E-state index in [0.29, 0.717) is 23.0 Å². The predicted octanol–water partition coefficient (Wildman–Crippen LogP) is 3.24. The molecule has 0 fully saturated rings. The molecule has 134 valence electrons. The smallest absolute Gasteiger partial charge is 0.237 e. The minimum atomic E-state index is -0.393. The number of carbonyl (C=O) groups is 2. The van der Waals surface area contributed by atoms with Crippen molar-refractivity contribution in [2.45, 2.75) is 30.8 Å². The van der Waals surface area contributed by atoms with E-state index in [2.05, 4.69) is 15.5 Å². The highest BCUT2D eigenvalue weighted by Crippen LogP contribution is 2.23. The van der Waals surface area contributed by atoms with Crippen LogP contribution in [0.15, 0.2) is 58.6 Å². The SMILES string of the molecule is CC(=O)c1cccc(NC(=O)[C@H](C)Sc2nncn2Cc2ccco2)c1. The molecule has 1 amide bonds. The van der Waals surface area contributed by atoms with E-state index < -0.39 is 5.25 Å². The lowest BCUT2D eigenvalue weighted by Crippen LogP contribution is -2.23. The van der Waals surface area contributed by atoms with Gasteiger partial charge in [0.15, 0.2) is 10.9 Å². The van der Waals surface area contributed by atoms with Crippen LogP contribution >= 0.6 is 11.8 Å². The third-order valence-electron chi connectivity index (χ3n) is 3.67. The van der Waals surface area contributed by atoms with Crippen molar-refractivity contribution in [3.05, 3.63) is 60.3 Å². The highest BCUT2D eigenvalue weighted by molar-refractivity contribution is 8.00. The lowest BCUT2D eigenvalue weighted by Gasteiger charge is -2.12. The van der Waals surface area contributed by atoms with Gasteiger partial charge in [0.05, 0.1) is 18.1 Å². The molecule has 0 saturated carbocycles. The van der Waals surface area contributed by atoms with Crippen LogP contribution < -0.4 is 5.32 Å². The van der Waals surface area contributed by atoms with Crippen LogP contribution in [-0.4, -0.2) is 31.7 Å². The number of hydrogen-bond acceptors (Lipinski definition) is 6. The standard InChI is InChI=1S/C18H18N4O3S/c1-12(23)14-5-3-6-15(9-14)20-17(24)13(2)26-18-21-19-11-22(18)10-16-7-4-8-25-16/h3-9,11,13H,10H2,1-2H3,(H,20,24)/t13-/m0/s1. The van der Waals surface area contributed by atoms with Gasteiger partial charge in [0.1, 0.15) is 12.1 Å². The number of benzene rings is 1. The van der Waals surface area contributed by atoms with Gasteiger partial charge in [0.2, 0.25) is 5.91 Å². The highest BCUT2D eigenvalue weighted by Gasteiger charge is 2.18. The Morgan fingerprint density at radius 1 is 1.31 bits per heavy atom. The van der Waals surface area contributed by atoms with Gasteiger partial charge in [0.25, 0.3) is 0 Å². The van der Waals surface area contributed by atoms with E-state index in [4.69, 9.17) is 4.42 Å². The third kappa shape index (κ3) is 4.40. The van der Waals surface area contributed by atoms with Gasteiger partial charge in [-0.1, -0.05) is 23.9 Å². The van der Waals surface area contributed by atoms with Crippen molar-refractivity contribution in [3.8, 4) is 0 Å². The van der Waals surface area contributed by atoms with Crippen molar-refractivity contribution < 1.29 is 14.0 Å². The molecule has 7 nitrogen and oxygen atoms in total. The van der Waals surface area contributed by atoms with Crippen molar-refractivity contribution in [1.29, 1.82) is 0 Å². The summed E-state index contributed by atoms with van der Waals surface area (Å²) in [5.74, 6) is 0.558. The molecule has 0 spiro atoms. The van der Waals surface area contributed by atoms with Crippen molar-refractivity contribution in [1.82, 2.24) is 14.8 Å². The fraction of sp³-hybridized carbons (Fsp3) is 0.222. The Bertz CT molecular complexity index is 905. The molecule has 0 radical (unpaired) electrons. The fourth-order valence-corrected chi connectivity index (χ4v) is 3.11. The van der Waals surface area contributed by atoms with Crippen LogP contribution in [0.2, 0.25) is 0 Å². The first-order valence-electron chi connectivity index (χ1n) is 8.01. The summed E-state index contributed by atoms with van der Waals surface area (Å²) in [6.45, 7) is 3.78. The molecule has 2 aromatic heterocycles. The van der Waals surface area contributed by atoms with E-state index in [0.717, 1.165) is 5.76 Å². The van der Waals surface area contributed by atoms with Crippen LogP contribution in [0.5, 0.6) is 0 Å². The molecular formula is C18H18N4O3S.